The van der Waals surface area contributed by atoms with Crippen LogP contribution in [0.1, 0.15) is 26.7 Å². The number of amides is 1. The fraction of sp³-hybridized carbons (Fsp3) is 0.562. The number of ether oxygens (including phenoxy) is 1. The molecule has 26 heavy (non-hydrogen) atoms. The van der Waals surface area contributed by atoms with E-state index in [1.165, 1.54) is 21.3 Å². The van der Waals surface area contributed by atoms with Crippen LogP contribution in [0.15, 0.2) is 23.1 Å². The van der Waals surface area contributed by atoms with Crippen molar-refractivity contribution in [2.45, 2.75) is 31.6 Å². The molecule has 1 fully saturated rings. The van der Waals surface area contributed by atoms with Crippen LogP contribution in [0.2, 0.25) is 0 Å². The average molecular weight is 385 g/mol. The molecule has 0 unspecified atom stereocenters. The first kappa shape index (κ1) is 20.1. The molecule has 10 heteroatoms. The number of hydrogen-bond donors (Lipinski definition) is 0. The number of hydrogen-bond acceptors (Lipinski definition) is 6. The molecule has 1 aromatic carbocycles. The molecule has 0 aromatic heterocycles. The van der Waals surface area contributed by atoms with Crippen molar-refractivity contribution in [3.05, 3.63) is 28.3 Å². The summed E-state index contributed by atoms with van der Waals surface area (Å²) in [7, 11) is -3.77. The highest BCUT2D eigenvalue weighted by molar-refractivity contribution is 7.89. The Morgan fingerprint density at radius 3 is 2.42 bits per heavy atom. The van der Waals surface area contributed by atoms with Gasteiger partial charge in [0.1, 0.15) is 0 Å². The molecule has 1 aliphatic rings. The summed E-state index contributed by atoms with van der Waals surface area (Å²) in [6, 6.07) is 3.50. The van der Waals surface area contributed by atoms with Gasteiger partial charge in [0.2, 0.25) is 10.0 Å². The molecular weight excluding hydrogens is 362 g/mol. The first-order chi connectivity index (χ1) is 12.3. The van der Waals surface area contributed by atoms with Gasteiger partial charge in [-0.1, -0.05) is 0 Å². The molecule has 0 N–H and O–H groups in total. The molecule has 1 amide bonds. The lowest BCUT2D eigenvalue weighted by Gasteiger charge is -2.19. The van der Waals surface area contributed by atoms with E-state index in [-0.39, 0.29) is 23.2 Å². The molecule has 1 aromatic rings. The predicted octanol–water partition coefficient (Wildman–Crippen LogP) is 1.63. The minimum Gasteiger partial charge on any atom is -0.477 e. The number of benzene rings is 1. The Hall–Kier alpha value is -2.20. The first-order valence-electron chi connectivity index (χ1n) is 8.50. The molecule has 1 aliphatic heterocycles. The monoisotopic (exact) mass is 385 g/mol. The minimum absolute atomic E-state index is 0.129. The zero-order chi connectivity index (χ0) is 19.3. The van der Waals surface area contributed by atoms with Crippen molar-refractivity contribution in [3.63, 3.8) is 0 Å². The van der Waals surface area contributed by atoms with Crippen LogP contribution in [-0.2, 0) is 14.8 Å². The van der Waals surface area contributed by atoms with Crippen LogP contribution in [0.3, 0.4) is 0 Å². The number of nitro benzene ring substituents is 1. The number of carbonyl (C=O) groups excluding carboxylic acids is 1. The molecule has 1 heterocycles. The van der Waals surface area contributed by atoms with Crippen LogP contribution in [-0.4, -0.2) is 61.2 Å². The normalized spacial score (nSPS) is 15.0. The van der Waals surface area contributed by atoms with Crippen LogP contribution in [0.4, 0.5) is 5.69 Å². The summed E-state index contributed by atoms with van der Waals surface area (Å²) in [5.74, 6) is -0.422. The third-order valence-electron chi connectivity index (χ3n) is 4.30. The van der Waals surface area contributed by atoms with Crippen LogP contribution in [0.25, 0.3) is 0 Å². The molecular formula is C16H23N3O6S. The fourth-order valence-electron chi connectivity index (χ4n) is 2.81. The standard InChI is InChI=1S/C16H23N3O6S/c1-3-17(4-2)16(20)12-25-15-8-7-13(11-14(15)19(21)22)26(23,24)18-9-5-6-10-18/h7-8,11H,3-6,9-10,12H2,1-2H3. The number of sulfonamides is 1. The molecule has 0 atom stereocenters. The summed E-state index contributed by atoms with van der Waals surface area (Å²) >= 11 is 0. The molecule has 9 nitrogen and oxygen atoms in total. The SMILES string of the molecule is CCN(CC)C(=O)COc1ccc(S(=O)(=O)N2CCCC2)cc1[N+](=O)[O-]. The minimum atomic E-state index is -3.77. The first-order valence-corrected chi connectivity index (χ1v) is 9.94. The van der Waals surface area contributed by atoms with Gasteiger partial charge >= 0.3 is 5.69 Å². The van der Waals surface area contributed by atoms with Crippen molar-refractivity contribution in [1.82, 2.24) is 9.21 Å². The van der Waals surface area contributed by atoms with E-state index >= 15 is 0 Å². The predicted molar refractivity (Wildman–Crippen MR) is 94.5 cm³/mol. The Labute approximate surface area is 152 Å². The summed E-state index contributed by atoms with van der Waals surface area (Å²) in [6.45, 7) is 5.13. The summed E-state index contributed by atoms with van der Waals surface area (Å²) < 4.78 is 31.7. The van der Waals surface area contributed by atoms with Crippen LogP contribution in [0.5, 0.6) is 5.75 Å². The van der Waals surface area contributed by atoms with Crippen LogP contribution in [0, 0.1) is 10.1 Å². The maximum atomic E-state index is 12.6. The quantitative estimate of drug-likeness (QED) is 0.497. The summed E-state index contributed by atoms with van der Waals surface area (Å²) in [6.07, 6.45) is 1.55. The van der Waals surface area contributed by atoms with E-state index in [4.69, 9.17) is 4.74 Å². The lowest BCUT2D eigenvalue weighted by Crippen LogP contribution is -2.34. The molecule has 144 valence electrons. The fourth-order valence-corrected chi connectivity index (χ4v) is 4.34. The third kappa shape index (κ3) is 4.31. The van der Waals surface area contributed by atoms with E-state index in [0.717, 1.165) is 18.9 Å². The number of likely N-dealkylation sites (N-methyl/N-ethyl adjacent to an activating group) is 1. The Kier molecular flexibility index (Phi) is 6.54. The second-order valence-electron chi connectivity index (χ2n) is 5.85. The lowest BCUT2D eigenvalue weighted by molar-refractivity contribution is -0.386. The van der Waals surface area contributed by atoms with Gasteiger partial charge in [-0.2, -0.15) is 4.31 Å². The van der Waals surface area contributed by atoms with Crippen LogP contribution < -0.4 is 4.74 Å². The largest absolute Gasteiger partial charge is 0.477 e. The molecule has 0 saturated carbocycles. The van der Waals surface area contributed by atoms with E-state index in [2.05, 4.69) is 0 Å². The van der Waals surface area contributed by atoms with Gasteiger partial charge in [-0.3, -0.25) is 14.9 Å². The van der Waals surface area contributed by atoms with E-state index in [0.29, 0.717) is 26.2 Å². The van der Waals surface area contributed by atoms with Gasteiger partial charge in [-0.25, -0.2) is 8.42 Å². The van der Waals surface area contributed by atoms with Crippen molar-refractivity contribution in [1.29, 1.82) is 0 Å². The highest BCUT2D eigenvalue weighted by Crippen LogP contribution is 2.31. The van der Waals surface area contributed by atoms with Gasteiger partial charge in [-0.15, -0.1) is 0 Å². The average Bonchev–Trinajstić information content (AvgIpc) is 3.16. The zero-order valence-electron chi connectivity index (χ0n) is 14.9. The Morgan fingerprint density at radius 1 is 1.27 bits per heavy atom. The van der Waals surface area contributed by atoms with Gasteiger partial charge < -0.3 is 9.64 Å². The van der Waals surface area contributed by atoms with Crippen molar-refractivity contribution in [3.8, 4) is 5.75 Å². The molecule has 2 rings (SSSR count). The van der Waals surface area contributed by atoms with Crippen molar-refractivity contribution >= 4 is 21.6 Å². The Bertz CT molecular complexity index is 770. The zero-order valence-corrected chi connectivity index (χ0v) is 15.7. The number of rotatable bonds is 8. The van der Waals surface area contributed by atoms with Crippen molar-refractivity contribution < 1.29 is 22.9 Å². The van der Waals surface area contributed by atoms with E-state index in [9.17, 15) is 23.3 Å². The summed E-state index contributed by atoms with van der Waals surface area (Å²) in [4.78, 5) is 24.0. The van der Waals surface area contributed by atoms with E-state index in [1.807, 2.05) is 13.8 Å². The van der Waals surface area contributed by atoms with Gasteiger partial charge in [0.05, 0.1) is 9.82 Å². The van der Waals surface area contributed by atoms with Gasteiger partial charge in [0, 0.05) is 32.2 Å². The van der Waals surface area contributed by atoms with Gasteiger partial charge in [-0.05, 0) is 38.8 Å². The molecule has 0 bridgehead atoms. The molecule has 1 saturated heterocycles. The number of nitro groups is 1. The summed E-state index contributed by atoms with van der Waals surface area (Å²) in [5, 5.41) is 11.3. The topological polar surface area (TPSA) is 110 Å². The Balaban J connectivity index is 2.24. The van der Waals surface area contributed by atoms with Crippen LogP contribution >= 0.6 is 0 Å². The molecule has 0 radical (unpaired) electrons. The lowest BCUT2D eigenvalue weighted by atomic mass is 10.3. The van der Waals surface area contributed by atoms with Gasteiger partial charge in [0.25, 0.3) is 5.91 Å². The van der Waals surface area contributed by atoms with Crippen molar-refractivity contribution in [2.75, 3.05) is 32.8 Å². The second-order valence-corrected chi connectivity index (χ2v) is 7.79. The number of nitrogens with zero attached hydrogens (tertiary/aromatic N) is 3. The molecule has 0 aliphatic carbocycles. The highest BCUT2D eigenvalue weighted by atomic mass is 32.2. The summed E-state index contributed by atoms with van der Waals surface area (Å²) in [5.41, 5.74) is -0.474. The van der Waals surface area contributed by atoms with Crippen molar-refractivity contribution in [2.24, 2.45) is 0 Å². The highest BCUT2D eigenvalue weighted by Gasteiger charge is 2.30. The Morgan fingerprint density at radius 2 is 1.88 bits per heavy atom. The third-order valence-corrected chi connectivity index (χ3v) is 6.19. The number of carbonyl (C=O) groups is 1. The van der Waals surface area contributed by atoms with E-state index < -0.39 is 20.6 Å². The second kappa shape index (κ2) is 8.45. The maximum absolute atomic E-state index is 12.6. The van der Waals surface area contributed by atoms with Gasteiger partial charge in [0.15, 0.2) is 12.4 Å². The molecule has 0 spiro atoms. The van der Waals surface area contributed by atoms with E-state index in [1.54, 1.807) is 0 Å². The smallest absolute Gasteiger partial charge is 0.312 e. The maximum Gasteiger partial charge on any atom is 0.312 e.